The van der Waals surface area contributed by atoms with Crippen LogP contribution < -0.4 is 10.1 Å². The Balaban J connectivity index is 1.68. The lowest BCUT2D eigenvalue weighted by molar-refractivity contribution is -0.116. The van der Waals surface area contributed by atoms with Gasteiger partial charge >= 0.3 is 0 Å². The van der Waals surface area contributed by atoms with Gasteiger partial charge in [0.1, 0.15) is 5.75 Å². The Morgan fingerprint density at radius 2 is 1.95 bits per heavy atom. The molecule has 1 atom stereocenters. The fourth-order valence-electron chi connectivity index (χ4n) is 2.39. The van der Waals surface area contributed by atoms with E-state index in [0.29, 0.717) is 23.7 Å². The lowest BCUT2D eigenvalue weighted by Gasteiger charge is -2.10. The Kier molecular flexibility index (Phi) is 3.61. The average Bonchev–Trinajstić information content (AvgIpc) is 2.85. The molecule has 4 heteroatoms. The second kappa shape index (κ2) is 5.55. The Morgan fingerprint density at radius 3 is 2.80 bits per heavy atom. The summed E-state index contributed by atoms with van der Waals surface area (Å²) in [6.45, 7) is 0.551. The summed E-state index contributed by atoms with van der Waals surface area (Å²) in [6, 6.07) is 15.1. The highest BCUT2D eigenvalue weighted by molar-refractivity contribution is 6.33. The molecule has 1 aliphatic heterocycles. The van der Waals surface area contributed by atoms with E-state index in [9.17, 15) is 4.79 Å². The molecule has 0 saturated carbocycles. The summed E-state index contributed by atoms with van der Waals surface area (Å²) in [6.07, 6.45) is 0.391. The minimum Gasteiger partial charge on any atom is -0.493 e. The lowest BCUT2D eigenvalue weighted by Crippen LogP contribution is -2.16. The van der Waals surface area contributed by atoms with Gasteiger partial charge in [-0.15, -0.1) is 0 Å². The fraction of sp³-hybridized carbons (Fsp3) is 0.188. The van der Waals surface area contributed by atoms with Crippen LogP contribution in [0.1, 0.15) is 17.9 Å². The maximum atomic E-state index is 12.1. The van der Waals surface area contributed by atoms with Crippen LogP contribution in [0, 0.1) is 0 Å². The zero-order valence-corrected chi connectivity index (χ0v) is 11.6. The first-order valence-electron chi connectivity index (χ1n) is 6.50. The van der Waals surface area contributed by atoms with Crippen LogP contribution in [0.4, 0.5) is 5.69 Å². The SMILES string of the molecule is O=C(CC1COc2ccccc21)Nc1ccccc1Cl. The van der Waals surface area contributed by atoms with Crippen LogP contribution in [0.3, 0.4) is 0 Å². The van der Waals surface area contributed by atoms with Crippen molar-refractivity contribution in [2.45, 2.75) is 12.3 Å². The number of carbonyl (C=O) groups excluding carboxylic acids is 1. The van der Waals surface area contributed by atoms with E-state index in [1.54, 1.807) is 12.1 Å². The van der Waals surface area contributed by atoms with E-state index >= 15 is 0 Å². The predicted molar refractivity (Wildman–Crippen MR) is 79.4 cm³/mol. The minimum atomic E-state index is -0.0524. The third-order valence-corrected chi connectivity index (χ3v) is 3.71. The lowest BCUT2D eigenvalue weighted by atomic mass is 9.97. The van der Waals surface area contributed by atoms with E-state index in [2.05, 4.69) is 5.32 Å². The Hall–Kier alpha value is -2.00. The number of fused-ring (bicyclic) bond motifs is 1. The van der Waals surface area contributed by atoms with Gasteiger partial charge in [0, 0.05) is 17.9 Å². The zero-order valence-electron chi connectivity index (χ0n) is 10.8. The van der Waals surface area contributed by atoms with Crippen molar-refractivity contribution in [3.63, 3.8) is 0 Å². The van der Waals surface area contributed by atoms with Crippen molar-refractivity contribution in [3.8, 4) is 5.75 Å². The Bertz CT molecular complexity index is 642. The van der Waals surface area contributed by atoms with Crippen molar-refractivity contribution in [1.29, 1.82) is 0 Å². The highest BCUT2D eigenvalue weighted by atomic mass is 35.5. The number of amides is 1. The summed E-state index contributed by atoms with van der Waals surface area (Å²) >= 11 is 6.03. The van der Waals surface area contributed by atoms with E-state index in [4.69, 9.17) is 16.3 Å². The highest BCUT2D eigenvalue weighted by Crippen LogP contribution is 2.35. The van der Waals surface area contributed by atoms with Gasteiger partial charge < -0.3 is 10.1 Å². The topological polar surface area (TPSA) is 38.3 Å². The number of hydrogen-bond donors (Lipinski definition) is 1. The molecular weight excluding hydrogens is 274 g/mol. The summed E-state index contributed by atoms with van der Waals surface area (Å²) in [5.41, 5.74) is 1.74. The van der Waals surface area contributed by atoms with Gasteiger partial charge in [-0.25, -0.2) is 0 Å². The van der Waals surface area contributed by atoms with Gasteiger partial charge in [-0.3, -0.25) is 4.79 Å². The van der Waals surface area contributed by atoms with Crippen LogP contribution in [0.15, 0.2) is 48.5 Å². The first kappa shape index (κ1) is 13.0. The number of hydrogen-bond acceptors (Lipinski definition) is 2. The van der Waals surface area contributed by atoms with Crippen LogP contribution in [0.2, 0.25) is 5.02 Å². The van der Waals surface area contributed by atoms with Crippen LogP contribution in [0.5, 0.6) is 5.75 Å². The number of halogens is 1. The van der Waals surface area contributed by atoms with Crippen LogP contribution in [-0.2, 0) is 4.79 Å². The normalized spacial score (nSPS) is 16.4. The second-order valence-electron chi connectivity index (χ2n) is 4.78. The van der Waals surface area contributed by atoms with E-state index in [-0.39, 0.29) is 11.8 Å². The maximum Gasteiger partial charge on any atom is 0.225 e. The van der Waals surface area contributed by atoms with Gasteiger partial charge in [-0.2, -0.15) is 0 Å². The number of benzene rings is 2. The molecule has 0 fully saturated rings. The summed E-state index contributed by atoms with van der Waals surface area (Å²) in [5.74, 6) is 0.931. The van der Waals surface area contributed by atoms with Crippen molar-refractivity contribution in [1.82, 2.24) is 0 Å². The Morgan fingerprint density at radius 1 is 1.20 bits per heavy atom. The summed E-state index contributed by atoms with van der Waals surface area (Å²) in [7, 11) is 0. The van der Waals surface area contributed by atoms with Crippen LogP contribution in [-0.4, -0.2) is 12.5 Å². The molecule has 1 aliphatic rings. The van der Waals surface area contributed by atoms with Crippen molar-refractivity contribution in [2.75, 3.05) is 11.9 Å². The molecule has 0 bridgehead atoms. The molecule has 2 aromatic rings. The standard InChI is InChI=1S/C16H14ClNO2/c17-13-6-2-3-7-14(13)18-16(19)9-11-10-20-15-8-4-1-5-12(11)15/h1-8,11H,9-10H2,(H,18,19). The first-order valence-corrected chi connectivity index (χ1v) is 6.88. The summed E-state index contributed by atoms with van der Waals surface area (Å²) < 4.78 is 5.58. The van der Waals surface area contributed by atoms with Crippen LogP contribution >= 0.6 is 11.6 Å². The fourth-order valence-corrected chi connectivity index (χ4v) is 2.57. The smallest absolute Gasteiger partial charge is 0.225 e. The van der Waals surface area contributed by atoms with Gasteiger partial charge in [-0.05, 0) is 18.2 Å². The maximum absolute atomic E-state index is 12.1. The number of rotatable bonds is 3. The molecule has 102 valence electrons. The monoisotopic (exact) mass is 287 g/mol. The molecule has 1 N–H and O–H groups in total. The molecule has 20 heavy (non-hydrogen) atoms. The Labute approximate surface area is 122 Å². The highest BCUT2D eigenvalue weighted by Gasteiger charge is 2.25. The molecule has 0 aliphatic carbocycles. The number of carbonyl (C=O) groups is 1. The zero-order chi connectivity index (χ0) is 13.9. The minimum absolute atomic E-state index is 0.0524. The predicted octanol–water partition coefficient (Wildman–Crippen LogP) is 3.84. The summed E-state index contributed by atoms with van der Waals surface area (Å²) in [4.78, 5) is 12.1. The second-order valence-corrected chi connectivity index (χ2v) is 5.19. The van der Waals surface area contributed by atoms with Crippen LogP contribution in [0.25, 0.3) is 0 Å². The van der Waals surface area contributed by atoms with Crippen molar-refractivity contribution in [3.05, 3.63) is 59.1 Å². The largest absolute Gasteiger partial charge is 0.493 e. The summed E-state index contributed by atoms with van der Waals surface area (Å²) in [5, 5.41) is 3.39. The molecule has 0 radical (unpaired) electrons. The quantitative estimate of drug-likeness (QED) is 0.931. The number of para-hydroxylation sites is 2. The number of anilines is 1. The van der Waals surface area contributed by atoms with E-state index in [1.165, 1.54) is 0 Å². The van der Waals surface area contributed by atoms with Gasteiger partial charge in [0.05, 0.1) is 17.3 Å². The van der Waals surface area contributed by atoms with Gasteiger partial charge in [0.2, 0.25) is 5.91 Å². The third-order valence-electron chi connectivity index (χ3n) is 3.38. The third kappa shape index (κ3) is 2.63. The molecular formula is C16H14ClNO2. The first-order chi connectivity index (χ1) is 9.74. The molecule has 0 aromatic heterocycles. The molecule has 0 saturated heterocycles. The van der Waals surface area contributed by atoms with Gasteiger partial charge in [-0.1, -0.05) is 41.9 Å². The van der Waals surface area contributed by atoms with E-state index in [1.807, 2.05) is 36.4 Å². The van der Waals surface area contributed by atoms with E-state index in [0.717, 1.165) is 11.3 Å². The molecule has 1 heterocycles. The molecule has 0 spiro atoms. The number of ether oxygens (including phenoxy) is 1. The van der Waals surface area contributed by atoms with Crippen molar-refractivity contribution in [2.24, 2.45) is 0 Å². The molecule has 1 unspecified atom stereocenters. The van der Waals surface area contributed by atoms with Gasteiger partial charge in [0.25, 0.3) is 0 Å². The molecule has 3 rings (SSSR count). The molecule has 2 aromatic carbocycles. The molecule has 1 amide bonds. The molecule has 3 nitrogen and oxygen atoms in total. The van der Waals surface area contributed by atoms with Crippen molar-refractivity contribution < 1.29 is 9.53 Å². The van der Waals surface area contributed by atoms with E-state index < -0.39 is 0 Å². The average molecular weight is 288 g/mol. The van der Waals surface area contributed by atoms with Gasteiger partial charge in [0.15, 0.2) is 0 Å². The number of nitrogens with one attached hydrogen (secondary N) is 1. The van der Waals surface area contributed by atoms with Crippen molar-refractivity contribution >= 4 is 23.2 Å².